The minimum absolute atomic E-state index is 0.287. The standard InChI is InChI=1S/C16H21FN2O2/c1-12-5-6-14(17)13(10-12)15-11-19-16(21-15)4-3-7-18-8-9-20-2/h5-6,10-11,18H,3-4,7-9H2,1-2H3. The molecule has 1 N–H and O–H groups in total. The predicted octanol–water partition coefficient (Wildman–Crippen LogP) is 2.96. The molecule has 114 valence electrons. The van der Waals surface area contributed by atoms with Gasteiger partial charge in [0.25, 0.3) is 0 Å². The predicted molar refractivity (Wildman–Crippen MR) is 79.7 cm³/mol. The van der Waals surface area contributed by atoms with Crippen LogP contribution >= 0.6 is 0 Å². The van der Waals surface area contributed by atoms with Crippen molar-refractivity contribution in [3.8, 4) is 11.3 Å². The van der Waals surface area contributed by atoms with Crippen molar-refractivity contribution < 1.29 is 13.5 Å². The minimum Gasteiger partial charge on any atom is -0.441 e. The quantitative estimate of drug-likeness (QED) is 0.760. The van der Waals surface area contributed by atoms with E-state index >= 15 is 0 Å². The van der Waals surface area contributed by atoms with Crippen LogP contribution in [0.4, 0.5) is 4.39 Å². The Hall–Kier alpha value is -1.72. The molecule has 0 spiro atoms. The second kappa shape index (κ2) is 7.90. The summed E-state index contributed by atoms with van der Waals surface area (Å²) in [5, 5.41) is 3.26. The number of rotatable bonds is 8. The molecule has 0 unspecified atom stereocenters. The molecule has 0 saturated carbocycles. The first-order valence-corrected chi connectivity index (χ1v) is 7.11. The van der Waals surface area contributed by atoms with E-state index in [1.54, 1.807) is 25.4 Å². The number of aryl methyl sites for hydroxylation is 2. The van der Waals surface area contributed by atoms with Gasteiger partial charge in [0.2, 0.25) is 0 Å². The molecule has 21 heavy (non-hydrogen) atoms. The molecular weight excluding hydrogens is 271 g/mol. The van der Waals surface area contributed by atoms with E-state index in [4.69, 9.17) is 9.15 Å². The lowest BCUT2D eigenvalue weighted by Crippen LogP contribution is -2.20. The van der Waals surface area contributed by atoms with Crippen LogP contribution in [-0.4, -0.2) is 31.8 Å². The van der Waals surface area contributed by atoms with E-state index in [0.717, 1.165) is 31.5 Å². The summed E-state index contributed by atoms with van der Waals surface area (Å²) in [6, 6.07) is 4.96. The molecule has 0 aliphatic heterocycles. The number of benzene rings is 1. The highest BCUT2D eigenvalue weighted by molar-refractivity contribution is 5.58. The lowest BCUT2D eigenvalue weighted by atomic mass is 10.1. The highest BCUT2D eigenvalue weighted by atomic mass is 19.1. The monoisotopic (exact) mass is 292 g/mol. The van der Waals surface area contributed by atoms with E-state index in [9.17, 15) is 4.39 Å². The number of methoxy groups -OCH3 is 1. The fraction of sp³-hybridized carbons (Fsp3) is 0.438. The molecule has 0 saturated heterocycles. The van der Waals surface area contributed by atoms with Crippen molar-refractivity contribution in [3.05, 3.63) is 41.7 Å². The van der Waals surface area contributed by atoms with Crippen LogP contribution in [0.5, 0.6) is 0 Å². The van der Waals surface area contributed by atoms with Crippen molar-refractivity contribution >= 4 is 0 Å². The minimum atomic E-state index is -0.287. The van der Waals surface area contributed by atoms with Gasteiger partial charge in [-0.3, -0.25) is 0 Å². The molecule has 0 aliphatic carbocycles. The zero-order valence-electron chi connectivity index (χ0n) is 12.5. The molecule has 1 aromatic carbocycles. The molecule has 0 atom stereocenters. The van der Waals surface area contributed by atoms with E-state index in [1.807, 2.05) is 6.92 Å². The maximum Gasteiger partial charge on any atom is 0.194 e. The number of ether oxygens (including phenoxy) is 1. The van der Waals surface area contributed by atoms with E-state index in [1.165, 1.54) is 6.07 Å². The Morgan fingerprint density at radius 3 is 3.00 bits per heavy atom. The van der Waals surface area contributed by atoms with Gasteiger partial charge >= 0.3 is 0 Å². The maximum absolute atomic E-state index is 13.8. The van der Waals surface area contributed by atoms with Crippen LogP contribution in [0.15, 0.2) is 28.8 Å². The lowest BCUT2D eigenvalue weighted by molar-refractivity contribution is 0.199. The van der Waals surface area contributed by atoms with Crippen molar-refractivity contribution in [2.75, 3.05) is 26.8 Å². The Labute approximate surface area is 124 Å². The molecule has 0 amide bonds. The average Bonchev–Trinajstić information content (AvgIpc) is 2.94. The first-order valence-electron chi connectivity index (χ1n) is 7.11. The number of nitrogens with zero attached hydrogens (tertiary/aromatic N) is 1. The maximum atomic E-state index is 13.8. The van der Waals surface area contributed by atoms with Crippen LogP contribution in [-0.2, 0) is 11.2 Å². The van der Waals surface area contributed by atoms with E-state index in [-0.39, 0.29) is 5.82 Å². The molecule has 1 heterocycles. The molecule has 5 heteroatoms. The van der Waals surface area contributed by atoms with Crippen LogP contribution in [0.3, 0.4) is 0 Å². The van der Waals surface area contributed by atoms with Gasteiger partial charge in [0.15, 0.2) is 11.7 Å². The zero-order valence-corrected chi connectivity index (χ0v) is 12.5. The Morgan fingerprint density at radius 1 is 1.33 bits per heavy atom. The highest BCUT2D eigenvalue weighted by Gasteiger charge is 2.11. The zero-order chi connectivity index (χ0) is 15.1. The van der Waals surface area contributed by atoms with Gasteiger partial charge in [0.05, 0.1) is 18.4 Å². The Morgan fingerprint density at radius 2 is 2.19 bits per heavy atom. The SMILES string of the molecule is COCCNCCCc1ncc(-c2cc(C)ccc2F)o1. The van der Waals surface area contributed by atoms with Crippen molar-refractivity contribution in [1.82, 2.24) is 10.3 Å². The summed E-state index contributed by atoms with van der Waals surface area (Å²) in [5.74, 6) is 0.836. The summed E-state index contributed by atoms with van der Waals surface area (Å²) < 4.78 is 24.4. The normalized spacial score (nSPS) is 11.0. The number of halogens is 1. The summed E-state index contributed by atoms with van der Waals surface area (Å²) in [6.45, 7) is 4.34. The van der Waals surface area contributed by atoms with E-state index in [0.29, 0.717) is 23.8 Å². The third-order valence-corrected chi connectivity index (χ3v) is 3.17. The molecular formula is C16H21FN2O2. The van der Waals surface area contributed by atoms with Crippen molar-refractivity contribution in [2.24, 2.45) is 0 Å². The molecule has 0 fully saturated rings. The summed E-state index contributed by atoms with van der Waals surface area (Å²) in [5.41, 5.74) is 1.46. The van der Waals surface area contributed by atoms with Gasteiger partial charge in [0.1, 0.15) is 5.82 Å². The number of hydrogen-bond donors (Lipinski definition) is 1. The average molecular weight is 292 g/mol. The van der Waals surface area contributed by atoms with E-state index in [2.05, 4.69) is 10.3 Å². The molecule has 2 rings (SSSR count). The largest absolute Gasteiger partial charge is 0.441 e. The van der Waals surface area contributed by atoms with Crippen LogP contribution in [0.1, 0.15) is 17.9 Å². The topological polar surface area (TPSA) is 47.3 Å². The number of oxazole rings is 1. The number of hydrogen-bond acceptors (Lipinski definition) is 4. The summed E-state index contributed by atoms with van der Waals surface area (Å²) >= 11 is 0. The van der Waals surface area contributed by atoms with Gasteiger partial charge in [-0.15, -0.1) is 0 Å². The van der Waals surface area contributed by atoms with Gasteiger partial charge in [-0.25, -0.2) is 9.37 Å². The second-order valence-corrected chi connectivity index (χ2v) is 4.95. The summed E-state index contributed by atoms with van der Waals surface area (Å²) in [4.78, 5) is 4.21. The lowest BCUT2D eigenvalue weighted by Gasteiger charge is -2.02. The van der Waals surface area contributed by atoms with E-state index < -0.39 is 0 Å². The molecule has 1 aromatic heterocycles. The van der Waals surface area contributed by atoms with Gasteiger partial charge in [-0.2, -0.15) is 0 Å². The fourth-order valence-corrected chi connectivity index (χ4v) is 2.04. The van der Waals surface area contributed by atoms with Crippen LogP contribution in [0, 0.1) is 12.7 Å². The van der Waals surface area contributed by atoms with Gasteiger partial charge in [-0.05, 0) is 32.0 Å². The van der Waals surface area contributed by atoms with Crippen LogP contribution in [0.25, 0.3) is 11.3 Å². The van der Waals surface area contributed by atoms with Crippen molar-refractivity contribution in [1.29, 1.82) is 0 Å². The summed E-state index contributed by atoms with van der Waals surface area (Å²) in [7, 11) is 1.68. The van der Waals surface area contributed by atoms with Crippen LogP contribution < -0.4 is 5.32 Å². The third kappa shape index (κ3) is 4.65. The Bertz CT molecular complexity index is 569. The van der Waals surface area contributed by atoms with Gasteiger partial charge < -0.3 is 14.5 Å². The summed E-state index contributed by atoms with van der Waals surface area (Å²) in [6.07, 6.45) is 3.24. The van der Waals surface area contributed by atoms with Gasteiger partial charge in [0, 0.05) is 20.1 Å². The first kappa shape index (κ1) is 15.7. The third-order valence-electron chi connectivity index (χ3n) is 3.17. The fourth-order valence-electron chi connectivity index (χ4n) is 2.04. The molecule has 0 bridgehead atoms. The van der Waals surface area contributed by atoms with Crippen molar-refractivity contribution in [2.45, 2.75) is 19.8 Å². The van der Waals surface area contributed by atoms with Crippen molar-refractivity contribution in [3.63, 3.8) is 0 Å². The second-order valence-electron chi connectivity index (χ2n) is 4.95. The Balaban J connectivity index is 1.88. The molecule has 4 nitrogen and oxygen atoms in total. The smallest absolute Gasteiger partial charge is 0.194 e. The first-order chi connectivity index (χ1) is 10.2. The highest BCUT2D eigenvalue weighted by Crippen LogP contribution is 2.24. The Kier molecular flexibility index (Phi) is 5.90. The number of aromatic nitrogens is 1. The molecule has 2 aromatic rings. The van der Waals surface area contributed by atoms with Gasteiger partial charge in [-0.1, -0.05) is 11.6 Å². The molecule has 0 radical (unpaired) electrons. The van der Waals surface area contributed by atoms with Crippen LogP contribution in [0.2, 0.25) is 0 Å². The number of nitrogens with one attached hydrogen (secondary N) is 1. The molecule has 0 aliphatic rings.